The van der Waals surface area contributed by atoms with Crippen LogP contribution in [0, 0.1) is 0 Å². The molecule has 0 fully saturated rings. The van der Waals surface area contributed by atoms with E-state index >= 15 is 0 Å². The third-order valence-corrected chi connectivity index (χ3v) is 19.9. The molecule has 0 amide bonds. The van der Waals surface area contributed by atoms with Crippen LogP contribution in [0.4, 0.5) is 51.2 Å². The normalized spacial score (nSPS) is 11.5. The second-order valence-electron chi connectivity index (χ2n) is 25.9. The summed E-state index contributed by atoms with van der Waals surface area (Å²) >= 11 is 0. The van der Waals surface area contributed by atoms with Crippen LogP contribution < -0.4 is 14.7 Å². The molecule has 0 radical (unpaired) electrons. The van der Waals surface area contributed by atoms with E-state index in [2.05, 4.69) is 360 Å². The Morgan fingerprint density at radius 2 is 0.353 bits per heavy atom. The topological polar surface area (TPSA) is 49.1 Å². The first-order chi connectivity index (χ1) is 50.5. The molecule has 0 unspecified atom stereocenters. The molecule has 0 N–H and O–H groups in total. The van der Waals surface area contributed by atoms with Crippen molar-refractivity contribution in [3.63, 3.8) is 0 Å². The van der Waals surface area contributed by atoms with Crippen molar-refractivity contribution in [2.75, 3.05) is 14.7 Å². The number of anilines is 9. The standard InChI is InChI=1S/C96H63N3O3/c1-4-19-64(20-5-1)67-37-49-73(50-38-67)97(76-55-43-70(44-56-76)82-28-16-31-88-85-25-10-13-34-91(85)100-94(82)88)79-61-80(98(74-51-39-68(40-52-74)65-21-6-2-7-22-65)77-57-45-71(46-58-77)83-29-17-32-89-86-26-11-14-35-92(86)101-95(83)89)63-81(62-79)99(75-53-41-69(42-54-75)66-23-8-3-9-24-66)78-59-47-72(48-60-78)84-30-18-33-90-87-27-12-15-36-93(87)102-96(84)90/h1-63H. The molecular formula is C96H63N3O3. The summed E-state index contributed by atoms with van der Waals surface area (Å²) in [7, 11) is 0. The van der Waals surface area contributed by atoms with Gasteiger partial charge in [0.05, 0.1) is 17.1 Å². The van der Waals surface area contributed by atoms with E-state index in [9.17, 15) is 0 Å². The molecule has 3 heterocycles. The molecule has 102 heavy (non-hydrogen) atoms. The molecule has 0 atom stereocenters. The summed E-state index contributed by atoms with van der Waals surface area (Å²) in [6.45, 7) is 0. The van der Waals surface area contributed by atoms with Crippen molar-refractivity contribution in [2.24, 2.45) is 0 Å². The Hall–Kier alpha value is -13.7. The van der Waals surface area contributed by atoms with Crippen molar-refractivity contribution in [3.8, 4) is 66.8 Å². The van der Waals surface area contributed by atoms with Crippen LogP contribution in [-0.2, 0) is 0 Å². The van der Waals surface area contributed by atoms with Crippen molar-refractivity contribution in [1.82, 2.24) is 0 Å². The van der Waals surface area contributed by atoms with E-state index in [0.717, 1.165) is 184 Å². The summed E-state index contributed by atoms with van der Waals surface area (Å²) in [6.07, 6.45) is 0. The summed E-state index contributed by atoms with van der Waals surface area (Å²) in [4.78, 5) is 7.19. The van der Waals surface area contributed by atoms with Gasteiger partial charge in [-0.3, -0.25) is 0 Å². The number of benzene rings is 16. The van der Waals surface area contributed by atoms with Crippen LogP contribution >= 0.6 is 0 Å². The molecule has 19 aromatic rings. The molecule has 19 rings (SSSR count). The molecule has 0 bridgehead atoms. The highest BCUT2D eigenvalue weighted by Crippen LogP contribution is 2.49. The van der Waals surface area contributed by atoms with Crippen LogP contribution in [0.2, 0.25) is 0 Å². The Morgan fingerprint density at radius 1 is 0.147 bits per heavy atom. The predicted molar refractivity (Wildman–Crippen MR) is 425 cm³/mol. The fraction of sp³-hybridized carbons (Fsp3) is 0. The van der Waals surface area contributed by atoms with Crippen LogP contribution in [0.15, 0.2) is 395 Å². The number of hydrogen-bond acceptors (Lipinski definition) is 6. The molecule has 0 aliphatic carbocycles. The molecule has 0 saturated heterocycles. The third kappa shape index (κ3) is 10.8. The Balaban J connectivity index is 0.836. The molecule has 0 saturated carbocycles. The highest BCUT2D eigenvalue weighted by molar-refractivity contribution is 6.12. The van der Waals surface area contributed by atoms with Crippen LogP contribution in [-0.4, -0.2) is 0 Å². The lowest BCUT2D eigenvalue weighted by Gasteiger charge is -2.33. The van der Waals surface area contributed by atoms with Gasteiger partial charge in [0.25, 0.3) is 0 Å². The first kappa shape index (κ1) is 59.6. The van der Waals surface area contributed by atoms with Crippen molar-refractivity contribution < 1.29 is 13.3 Å². The van der Waals surface area contributed by atoms with Gasteiger partial charge in [0.2, 0.25) is 0 Å². The van der Waals surface area contributed by atoms with Gasteiger partial charge in [0.15, 0.2) is 0 Å². The van der Waals surface area contributed by atoms with Crippen molar-refractivity contribution in [3.05, 3.63) is 382 Å². The van der Waals surface area contributed by atoms with Gasteiger partial charge in [-0.1, -0.05) is 273 Å². The number of nitrogens with zero attached hydrogens (tertiary/aromatic N) is 3. The van der Waals surface area contributed by atoms with Crippen LogP contribution in [0.5, 0.6) is 0 Å². The first-order valence-corrected chi connectivity index (χ1v) is 34.6. The minimum Gasteiger partial charge on any atom is -0.455 e. The lowest BCUT2D eigenvalue weighted by Crippen LogP contribution is -2.16. The number of rotatable bonds is 15. The van der Waals surface area contributed by atoms with Crippen molar-refractivity contribution >= 4 is 117 Å². The molecule has 6 heteroatoms. The zero-order chi connectivity index (χ0) is 67.5. The third-order valence-electron chi connectivity index (χ3n) is 19.9. The maximum absolute atomic E-state index is 6.66. The Bertz CT molecular complexity index is 5640. The second-order valence-corrected chi connectivity index (χ2v) is 25.9. The number of fused-ring (bicyclic) bond motifs is 9. The van der Waals surface area contributed by atoms with E-state index in [0.29, 0.717) is 0 Å². The highest BCUT2D eigenvalue weighted by atomic mass is 16.3. The van der Waals surface area contributed by atoms with Gasteiger partial charge in [-0.2, -0.15) is 0 Å². The van der Waals surface area contributed by atoms with Crippen molar-refractivity contribution in [2.45, 2.75) is 0 Å². The smallest absolute Gasteiger partial charge is 0.143 e. The zero-order valence-electron chi connectivity index (χ0n) is 55.4. The Kier molecular flexibility index (Phi) is 14.8. The molecule has 0 aliphatic heterocycles. The van der Waals surface area contributed by atoms with E-state index in [-0.39, 0.29) is 0 Å². The van der Waals surface area contributed by atoms with Crippen LogP contribution in [0.25, 0.3) is 133 Å². The summed E-state index contributed by atoms with van der Waals surface area (Å²) in [5, 5.41) is 6.56. The average molecular weight is 1310 g/mol. The highest BCUT2D eigenvalue weighted by Gasteiger charge is 2.25. The van der Waals surface area contributed by atoms with Crippen molar-refractivity contribution in [1.29, 1.82) is 0 Å². The molecule has 480 valence electrons. The maximum Gasteiger partial charge on any atom is 0.143 e. The number of para-hydroxylation sites is 6. The molecule has 6 nitrogen and oxygen atoms in total. The minimum atomic E-state index is 0.866. The molecule has 3 aromatic heterocycles. The summed E-state index contributed by atoms with van der Waals surface area (Å²) in [5.74, 6) is 0. The van der Waals surface area contributed by atoms with E-state index < -0.39 is 0 Å². The lowest BCUT2D eigenvalue weighted by atomic mass is 10.0. The summed E-state index contributed by atoms with van der Waals surface area (Å²) in [6, 6.07) is 137. The molecule has 16 aromatic carbocycles. The fourth-order valence-corrected chi connectivity index (χ4v) is 14.9. The lowest BCUT2D eigenvalue weighted by molar-refractivity contribution is 0.669. The van der Waals surface area contributed by atoms with E-state index in [1.165, 1.54) is 0 Å². The van der Waals surface area contributed by atoms with Crippen LogP contribution in [0.1, 0.15) is 0 Å². The maximum atomic E-state index is 6.66. The van der Waals surface area contributed by atoms with Gasteiger partial charge >= 0.3 is 0 Å². The molecule has 0 aliphatic rings. The first-order valence-electron chi connectivity index (χ1n) is 34.6. The predicted octanol–water partition coefficient (Wildman–Crippen LogP) is 27.8. The largest absolute Gasteiger partial charge is 0.455 e. The number of furan rings is 3. The van der Waals surface area contributed by atoms with E-state index in [1.54, 1.807) is 0 Å². The SMILES string of the molecule is c1ccc(-c2ccc(N(c3ccc(-c4cccc5c4oc4ccccc45)cc3)c3cc(N(c4ccc(-c5ccccc5)cc4)c4ccc(-c5cccc6c5oc5ccccc56)cc4)cc(N(c4ccc(-c5ccccc5)cc4)c4ccc(-c5cccc6c5oc5ccccc56)cc4)c3)cc2)cc1. The van der Waals surface area contributed by atoms with Crippen LogP contribution in [0.3, 0.4) is 0 Å². The number of hydrogen-bond donors (Lipinski definition) is 0. The van der Waals surface area contributed by atoms with Gasteiger partial charge < -0.3 is 28.0 Å². The second kappa shape index (κ2) is 25.3. The fourth-order valence-electron chi connectivity index (χ4n) is 14.9. The zero-order valence-corrected chi connectivity index (χ0v) is 55.4. The van der Waals surface area contributed by atoms with E-state index in [1.807, 2.05) is 36.4 Å². The minimum absolute atomic E-state index is 0.866. The van der Waals surface area contributed by atoms with Gasteiger partial charge in [-0.15, -0.1) is 0 Å². The van der Waals surface area contributed by atoms with Gasteiger partial charge in [-0.25, -0.2) is 0 Å². The Morgan fingerprint density at radius 3 is 0.608 bits per heavy atom. The van der Waals surface area contributed by atoms with Gasteiger partial charge in [0, 0.05) is 83.1 Å². The van der Waals surface area contributed by atoms with Gasteiger partial charge in [0.1, 0.15) is 33.5 Å². The van der Waals surface area contributed by atoms with E-state index in [4.69, 9.17) is 13.3 Å². The monoisotopic (exact) mass is 1310 g/mol. The summed E-state index contributed by atoms with van der Waals surface area (Å²) < 4.78 is 20.0. The Labute approximate surface area is 590 Å². The molecular weight excluding hydrogens is 1240 g/mol. The van der Waals surface area contributed by atoms with Gasteiger partial charge in [-0.05, 0) is 159 Å². The summed E-state index contributed by atoms with van der Waals surface area (Å²) in [5.41, 5.74) is 26.9. The average Bonchev–Trinajstić information content (AvgIpc) is 1.59. The molecule has 0 spiro atoms. The quantitative estimate of drug-likeness (QED) is 0.102.